The Labute approximate surface area is 135 Å². The molecule has 0 spiro atoms. The topological polar surface area (TPSA) is 40.5 Å². The number of carboxylic acids is 1. The van der Waals surface area contributed by atoms with Gasteiger partial charge in [0, 0.05) is 23.1 Å². The van der Waals surface area contributed by atoms with Gasteiger partial charge in [-0.1, -0.05) is 26.3 Å². The van der Waals surface area contributed by atoms with Crippen molar-refractivity contribution in [2.24, 2.45) is 0 Å². The summed E-state index contributed by atoms with van der Waals surface area (Å²) in [6.45, 7) is 7.67. The van der Waals surface area contributed by atoms with Crippen LogP contribution in [-0.4, -0.2) is 23.7 Å². The fourth-order valence-corrected chi connectivity index (χ4v) is 2.78. The molecule has 4 heteroatoms. The number of halogens is 1. The van der Waals surface area contributed by atoms with E-state index < -0.39 is 5.97 Å². The van der Waals surface area contributed by atoms with Crippen molar-refractivity contribution in [3.63, 3.8) is 0 Å². The Kier molecular flexibility index (Phi) is 7.51. The lowest BCUT2D eigenvalue weighted by molar-refractivity contribution is -0.131. The van der Waals surface area contributed by atoms with Crippen molar-refractivity contribution < 1.29 is 9.90 Å². The molecule has 0 amide bonds. The Hall–Kier alpha value is -1.29. The minimum atomic E-state index is -0.931. The number of carbonyl (C=O) groups is 1. The van der Waals surface area contributed by atoms with Crippen molar-refractivity contribution in [2.45, 2.75) is 46.1 Å². The first kappa shape index (κ1) is 17.8. The van der Waals surface area contributed by atoms with Gasteiger partial charge in [0.25, 0.3) is 0 Å². The highest BCUT2D eigenvalue weighted by Crippen LogP contribution is 2.30. The monoisotopic (exact) mass is 353 g/mol. The lowest BCUT2D eigenvalue weighted by Crippen LogP contribution is -2.33. The van der Waals surface area contributed by atoms with E-state index in [1.807, 2.05) is 12.1 Å². The van der Waals surface area contributed by atoms with Gasteiger partial charge in [-0.3, -0.25) is 0 Å². The highest BCUT2D eigenvalue weighted by molar-refractivity contribution is 9.10. The van der Waals surface area contributed by atoms with E-state index in [-0.39, 0.29) is 0 Å². The summed E-state index contributed by atoms with van der Waals surface area (Å²) >= 11 is 3.62. The molecule has 0 radical (unpaired) electrons. The minimum Gasteiger partial charge on any atom is -0.478 e. The van der Waals surface area contributed by atoms with Crippen LogP contribution in [0.25, 0.3) is 6.08 Å². The van der Waals surface area contributed by atoms with Crippen molar-refractivity contribution in [2.75, 3.05) is 11.4 Å². The molecule has 0 aliphatic rings. The van der Waals surface area contributed by atoms with Crippen molar-refractivity contribution >= 4 is 33.7 Å². The van der Waals surface area contributed by atoms with Gasteiger partial charge in [-0.25, -0.2) is 4.79 Å². The number of hydrogen-bond acceptors (Lipinski definition) is 2. The van der Waals surface area contributed by atoms with Gasteiger partial charge in [0.1, 0.15) is 0 Å². The van der Waals surface area contributed by atoms with Crippen LogP contribution in [0.15, 0.2) is 28.7 Å². The first-order valence-electron chi connectivity index (χ1n) is 7.46. The summed E-state index contributed by atoms with van der Waals surface area (Å²) in [5.41, 5.74) is 2.05. The third-order valence-electron chi connectivity index (χ3n) is 3.57. The van der Waals surface area contributed by atoms with Crippen molar-refractivity contribution in [3.8, 4) is 0 Å². The van der Waals surface area contributed by atoms with Crippen LogP contribution >= 0.6 is 15.9 Å². The van der Waals surface area contributed by atoms with Crippen molar-refractivity contribution in [1.82, 2.24) is 0 Å². The van der Waals surface area contributed by atoms with E-state index in [0.29, 0.717) is 6.04 Å². The van der Waals surface area contributed by atoms with E-state index in [9.17, 15) is 4.79 Å². The van der Waals surface area contributed by atoms with Crippen LogP contribution in [0.2, 0.25) is 0 Å². The first-order chi connectivity index (χ1) is 9.99. The van der Waals surface area contributed by atoms with E-state index in [2.05, 4.69) is 47.7 Å². The molecular weight excluding hydrogens is 330 g/mol. The third-order valence-corrected chi connectivity index (χ3v) is 4.21. The molecule has 0 aromatic heterocycles. The number of rotatable bonds is 8. The first-order valence-corrected chi connectivity index (χ1v) is 8.26. The molecule has 3 nitrogen and oxygen atoms in total. The number of carboxylic acid groups (broad SMARTS) is 1. The van der Waals surface area contributed by atoms with Gasteiger partial charge in [0.15, 0.2) is 0 Å². The second-order valence-electron chi connectivity index (χ2n) is 5.19. The normalized spacial score (nSPS) is 12.6. The van der Waals surface area contributed by atoms with Crippen LogP contribution in [0.1, 0.15) is 45.6 Å². The molecule has 1 atom stereocenters. The highest BCUT2D eigenvalue weighted by Gasteiger charge is 2.15. The molecule has 116 valence electrons. The number of unbranched alkanes of at least 4 members (excludes halogenated alkanes) is 1. The number of aliphatic carboxylic acids is 1. The average molecular weight is 354 g/mol. The second kappa shape index (κ2) is 8.88. The lowest BCUT2D eigenvalue weighted by atomic mass is 10.1. The Balaban J connectivity index is 3.01. The van der Waals surface area contributed by atoms with Crippen molar-refractivity contribution in [3.05, 3.63) is 34.3 Å². The second-order valence-corrected chi connectivity index (χ2v) is 6.04. The lowest BCUT2D eigenvalue weighted by Gasteiger charge is -2.32. The largest absolute Gasteiger partial charge is 0.478 e. The zero-order valence-electron chi connectivity index (χ0n) is 13.0. The van der Waals surface area contributed by atoms with Gasteiger partial charge in [-0.05, 0) is 59.5 Å². The molecule has 21 heavy (non-hydrogen) atoms. The van der Waals surface area contributed by atoms with Gasteiger partial charge < -0.3 is 10.0 Å². The SMILES string of the molecule is CCCCN(c1ccc(/C=C/C(=O)O)cc1Br)C(C)CC. The number of hydrogen-bond donors (Lipinski definition) is 1. The summed E-state index contributed by atoms with van der Waals surface area (Å²) in [5.74, 6) is -0.931. The van der Waals surface area contributed by atoms with E-state index >= 15 is 0 Å². The smallest absolute Gasteiger partial charge is 0.328 e. The molecule has 1 unspecified atom stereocenters. The summed E-state index contributed by atoms with van der Waals surface area (Å²) in [5, 5.41) is 8.68. The third kappa shape index (κ3) is 5.54. The summed E-state index contributed by atoms with van der Waals surface area (Å²) in [4.78, 5) is 13.0. The number of benzene rings is 1. The predicted molar refractivity (Wildman–Crippen MR) is 92.8 cm³/mol. The zero-order valence-corrected chi connectivity index (χ0v) is 14.6. The molecule has 1 aromatic rings. The van der Waals surface area contributed by atoms with Gasteiger partial charge in [0.05, 0.1) is 5.69 Å². The molecule has 1 N–H and O–H groups in total. The van der Waals surface area contributed by atoms with Crippen LogP contribution in [-0.2, 0) is 4.79 Å². The zero-order chi connectivity index (χ0) is 15.8. The fraction of sp³-hybridized carbons (Fsp3) is 0.471. The Morgan fingerprint density at radius 1 is 1.43 bits per heavy atom. The van der Waals surface area contributed by atoms with E-state index in [1.54, 1.807) is 6.08 Å². The highest BCUT2D eigenvalue weighted by atomic mass is 79.9. The quantitative estimate of drug-likeness (QED) is 0.672. The van der Waals surface area contributed by atoms with Gasteiger partial charge in [-0.15, -0.1) is 0 Å². The molecule has 0 aliphatic carbocycles. The standard InChI is InChI=1S/C17H24BrNO2/c1-4-6-11-19(13(3)5-2)16-9-7-14(12-15(16)18)8-10-17(20)21/h7-10,12-13H,4-6,11H2,1-3H3,(H,20,21)/b10-8+. The molecule has 0 fully saturated rings. The number of nitrogens with zero attached hydrogens (tertiary/aromatic N) is 1. The molecule has 0 bridgehead atoms. The maximum atomic E-state index is 10.6. The van der Waals surface area contributed by atoms with Crippen LogP contribution in [0.3, 0.4) is 0 Å². The van der Waals surface area contributed by atoms with Crippen LogP contribution in [0.5, 0.6) is 0 Å². The van der Waals surface area contributed by atoms with Crippen LogP contribution in [0, 0.1) is 0 Å². The fourth-order valence-electron chi connectivity index (χ4n) is 2.15. The Morgan fingerprint density at radius 3 is 2.67 bits per heavy atom. The van der Waals surface area contributed by atoms with E-state index in [1.165, 1.54) is 12.1 Å². The maximum absolute atomic E-state index is 10.6. The van der Waals surface area contributed by atoms with Gasteiger partial charge in [-0.2, -0.15) is 0 Å². The van der Waals surface area contributed by atoms with Crippen LogP contribution < -0.4 is 4.90 Å². The number of anilines is 1. The maximum Gasteiger partial charge on any atom is 0.328 e. The molecular formula is C17H24BrNO2. The summed E-state index contributed by atoms with van der Waals surface area (Å²) < 4.78 is 1.01. The summed E-state index contributed by atoms with van der Waals surface area (Å²) in [6.07, 6.45) is 6.19. The summed E-state index contributed by atoms with van der Waals surface area (Å²) in [6, 6.07) is 6.47. The van der Waals surface area contributed by atoms with Crippen molar-refractivity contribution in [1.29, 1.82) is 0 Å². The van der Waals surface area contributed by atoms with E-state index in [0.717, 1.165) is 35.5 Å². The molecule has 0 saturated carbocycles. The van der Waals surface area contributed by atoms with Crippen LogP contribution in [0.4, 0.5) is 5.69 Å². The summed E-state index contributed by atoms with van der Waals surface area (Å²) in [7, 11) is 0. The van der Waals surface area contributed by atoms with E-state index in [4.69, 9.17) is 5.11 Å². The molecule has 1 rings (SSSR count). The molecule has 0 saturated heterocycles. The average Bonchev–Trinajstić information content (AvgIpc) is 2.46. The predicted octanol–water partition coefficient (Wildman–Crippen LogP) is 4.95. The molecule has 0 heterocycles. The van der Waals surface area contributed by atoms with Gasteiger partial charge in [0.2, 0.25) is 0 Å². The minimum absolute atomic E-state index is 0.480. The molecule has 1 aromatic carbocycles. The molecule has 0 aliphatic heterocycles. The Bertz CT molecular complexity index is 500. The van der Waals surface area contributed by atoms with Gasteiger partial charge >= 0.3 is 5.97 Å². The Morgan fingerprint density at radius 2 is 2.14 bits per heavy atom.